The van der Waals surface area contributed by atoms with Crippen molar-refractivity contribution >= 4 is 5.82 Å². The van der Waals surface area contributed by atoms with Gasteiger partial charge in [0.2, 0.25) is 0 Å². The standard InChI is InChI=1S/C21H35N3O4/c1-15(2)25-9-10-26-20-13-21(23-22-14-20)24-7-5-17(6-8-24)28-19-11-18(12-19)27-16(3)4/h13-19H,5-12H2,1-4H3. The molecule has 7 heteroatoms. The van der Waals surface area contributed by atoms with Crippen LogP contribution in [-0.2, 0) is 14.2 Å². The lowest BCUT2D eigenvalue weighted by molar-refractivity contribution is -0.141. The predicted octanol–water partition coefficient (Wildman–Crippen LogP) is 3.22. The molecule has 0 unspecified atom stereocenters. The van der Waals surface area contributed by atoms with E-state index in [1.807, 2.05) is 19.9 Å². The summed E-state index contributed by atoms with van der Waals surface area (Å²) in [5.74, 6) is 1.61. The zero-order valence-corrected chi connectivity index (χ0v) is 17.7. The summed E-state index contributed by atoms with van der Waals surface area (Å²) in [6.07, 6.45) is 7.35. The highest BCUT2D eigenvalue weighted by molar-refractivity contribution is 5.42. The van der Waals surface area contributed by atoms with Crippen molar-refractivity contribution in [3.63, 3.8) is 0 Å². The first-order valence-electron chi connectivity index (χ1n) is 10.6. The number of anilines is 1. The van der Waals surface area contributed by atoms with E-state index in [9.17, 15) is 0 Å². The topological polar surface area (TPSA) is 65.9 Å². The van der Waals surface area contributed by atoms with Gasteiger partial charge in [-0.1, -0.05) is 0 Å². The van der Waals surface area contributed by atoms with Gasteiger partial charge in [-0.05, 0) is 53.4 Å². The molecule has 0 radical (unpaired) electrons. The SMILES string of the molecule is CC(C)OCCOc1cnnc(N2CCC(OC3CC(OC(C)C)C3)CC2)c1. The van der Waals surface area contributed by atoms with Gasteiger partial charge in [0.1, 0.15) is 12.4 Å². The molecular weight excluding hydrogens is 358 g/mol. The van der Waals surface area contributed by atoms with Gasteiger partial charge in [0.05, 0.1) is 43.3 Å². The Morgan fingerprint density at radius 3 is 2.43 bits per heavy atom. The molecule has 1 aliphatic heterocycles. The number of ether oxygens (including phenoxy) is 4. The van der Waals surface area contributed by atoms with Crippen molar-refractivity contribution in [1.82, 2.24) is 10.2 Å². The maximum Gasteiger partial charge on any atom is 0.154 e. The van der Waals surface area contributed by atoms with Crippen LogP contribution in [-0.4, -0.2) is 67.0 Å². The average molecular weight is 394 g/mol. The van der Waals surface area contributed by atoms with Gasteiger partial charge in [0.15, 0.2) is 5.82 Å². The first kappa shape index (κ1) is 21.3. The van der Waals surface area contributed by atoms with E-state index in [1.165, 1.54) is 0 Å². The molecule has 0 bridgehead atoms. The number of aromatic nitrogens is 2. The van der Waals surface area contributed by atoms with Crippen molar-refractivity contribution in [2.45, 2.75) is 83.9 Å². The Kier molecular flexibility index (Phi) is 7.88. The molecule has 0 atom stereocenters. The Morgan fingerprint density at radius 2 is 1.75 bits per heavy atom. The van der Waals surface area contributed by atoms with Crippen LogP contribution in [0.1, 0.15) is 53.4 Å². The molecule has 2 aliphatic rings. The van der Waals surface area contributed by atoms with E-state index >= 15 is 0 Å². The second-order valence-corrected chi connectivity index (χ2v) is 8.24. The average Bonchev–Trinajstić information content (AvgIpc) is 2.64. The van der Waals surface area contributed by atoms with Crippen LogP contribution in [0.5, 0.6) is 5.75 Å². The smallest absolute Gasteiger partial charge is 0.154 e. The maximum absolute atomic E-state index is 6.25. The molecule has 1 aliphatic carbocycles. The summed E-state index contributed by atoms with van der Waals surface area (Å²) in [6, 6.07) is 1.96. The lowest BCUT2D eigenvalue weighted by Crippen LogP contribution is -2.44. The zero-order valence-electron chi connectivity index (χ0n) is 17.7. The second-order valence-electron chi connectivity index (χ2n) is 8.24. The van der Waals surface area contributed by atoms with Gasteiger partial charge in [0, 0.05) is 19.2 Å². The van der Waals surface area contributed by atoms with Crippen LogP contribution < -0.4 is 9.64 Å². The van der Waals surface area contributed by atoms with Crippen molar-refractivity contribution in [2.75, 3.05) is 31.2 Å². The normalized spacial score (nSPS) is 23.3. The summed E-state index contributed by atoms with van der Waals surface area (Å²) in [5.41, 5.74) is 0. The Labute approximate surface area is 168 Å². The fourth-order valence-corrected chi connectivity index (χ4v) is 3.63. The van der Waals surface area contributed by atoms with Crippen LogP contribution in [0.4, 0.5) is 5.82 Å². The molecule has 2 heterocycles. The molecule has 7 nitrogen and oxygen atoms in total. The molecule has 1 aromatic heterocycles. The van der Waals surface area contributed by atoms with Gasteiger partial charge in [-0.2, -0.15) is 5.10 Å². The summed E-state index contributed by atoms with van der Waals surface area (Å²) in [6.45, 7) is 11.2. The fourth-order valence-electron chi connectivity index (χ4n) is 3.63. The van der Waals surface area contributed by atoms with E-state index < -0.39 is 0 Å². The van der Waals surface area contributed by atoms with E-state index in [2.05, 4.69) is 28.9 Å². The van der Waals surface area contributed by atoms with Crippen molar-refractivity contribution in [1.29, 1.82) is 0 Å². The van der Waals surface area contributed by atoms with Gasteiger partial charge < -0.3 is 23.8 Å². The number of rotatable bonds is 10. The quantitative estimate of drug-likeness (QED) is 0.566. The van der Waals surface area contributed by atoms with Crippen LogP contribution >= 0.6 is 0 Å². The Hall–Kier alpha value is -1.44. The third-order valence-corrected chi connectivity index (χ3v) is 5.09. The summed E-state index contributed by atoms with van der Waals surface area (Å²) in [7, 11) is 0. The number of hydrogen-bond acceptors (Lipinski definition) is 7. The van der Waals surface area contributed by atoms with Gasteiger partial charge in [0.25, 0.3) is 0 Å². The van der Waals surface area contributed by atoms with Crippen LogP contribution in [0.2, 0.25) is 0 Å². The maximum atomic E-state index is 6.25. The number of hydrogen-bond donors (Lipinski definition) is 0. The molecule has 2 fully saturated rings. The second kappa shape index (κ2) is 10.4. The summed E-state index contributed by atoms with van der Waals surface area (Å²) < 4.78 is 23.3. The molecule has 1 saturated carbocycles. The van der Waals surface area contributed by atoms with E-state index in [1.54, 1.807) is 6.20 Å². The fraction of sp³-hybridized carbons (Fsp3) is 0.810. The molecule has 0 amide bonds. The van der Waals surface area contributed by atoms with Crippen molar-refractivity contribution in [3.8, 4) is 5.75 Å². The van der Waals surface area contributed by atoms with Gasteiger partial charge >= 0.3 is 0 Å². The summed E-state index contributed by atoms with van der Waals surface area (Å²) >= 11 is 0. The highest BCUT2D eigenvalue weighted by Gasteiger charge is 2.34. The van der Waals surface area contributed by atoms with Crippen molar-refractivity contribution in [2.24, 2.45) is 0 Å². The molecule has 1 aromatic rings. The molecule has 3 rings (SSSR count). The Balaban J connectivity index is 1.37. The van der Waals surface area contributed by atoms with Crippen LogP contribution in [0.3, 0.4) is 0 Å². The minimum absolute atomic E-state index is 0.215. The molecular formula is C21H35N3O4. The highest BCUT2D eigenvalue weighted by atomic mass is 16.5. The highest BCUT2D eigenvalue weighted by Crippen LogP contribution is 2.31. The summed E-state index contributed by atoms with van der Waals surface area (Å²) in [5, 5.41) is 8.37. The third-order valence-electron chi connectivity index (χ3n) is 5.09. The van der Waals surface area contributed by atoms with E-state index in [0.717, 1.165) is 50.3 Å². The minimum Gasteiger partial charge on any atom is -0.489 e. The third kappa shape index (κ3) is 6.57. The van der Waals surface area contributed by atoms with Gasteiger partial charge in [-0.15, -0.1) is 5.10 Å². The lowest BCUT2D eigenvalue weighted by atomic mass is 9.91. The molecule has 28 heavy (non-hydrogen) atoms. The van der Waals surface area contributed by atoms with E-state index in [-0.39, 0.29) is 6.10 Å². The first-order chi connectivity index (χ1) is 13.5. The van der Waals surface area contributed by atoms with Crippen molar-refractivity contribution in [3.05, 3.63) is 12.3 Å². The molecule has 0 spiro atoms. The number of nitrogens with zero attached hydrogens (tertiary/aromatic N) is 3. The van der Waals surface area contributed by atoms with Crippen LogP contribution in [0, 0.1) is 0 Å². The van der Waals surface area contributed by atoms with Crippen LogP contribution in [0.25, 0.3) is 0 Å². The van der Waals surface area contributed by atoms with Gasteiger partial charge in [-0.25, -0.2) is 0 Å². The molecule has 0 N–H and O–H groups in total. The number of piperidine rings is 1. The monoisotopic (exact) mass is 393 g/mol. The van der Waals surface area contributed by atoms with Crippen molar-refractivity contribution < 1.29 is 18.9 Å². The minimum atomic E-state index is 0.215. The summed E-state index contributed by atoms with van der Waals surface area (Å²) in [4.78, 5) is 2.26. The largest absolute Gasteiger partial charge is 0.489 e. The van der Waals surface area contributed by atoms with Crippen LogP contribution in [0.15, 0.2) is 12.3 Å². The first-order valence-corrected chi connectivity index (χ1v) is 10.6. The molecule has 0 aromatic carbocycles. The Bertz CT molecular complexity index is 585. The van der Waals surface area contributed by atoms with Gasteiger partial charge in [-0.3, -0.25) is 0 Å². The van der Waals surface area contributed by atoms with E-state index in [0.29, 0.717) is 37.6 Å². The lowest BCUT2D eigenvalue weighted by Gasteiger charge is -2.40. The Morgan fingerprint density at radius 1 is 1.00 bits per heavy atom. The molecule has 1 saturated heterocycles. The predicted molar refractivity (Wildman–Crippen MR) is 108 cm³/mol. The van der Waals surface area contributed by atoms with E-state index in [4.69, 9.17) is 18.9 Å². The molecule has 158 valence electrons. The zero-order chi connectivity index (χ0) is 19.9.